The van der Waals surface area contributed by atoms with E-state index >= 15 is 0 Å². The summed E-state index contributed by atoms with van der Waals surface area (Å²) in [4.78, 5) is 11.4. The normalized spacial score (nSPS) is 9.83. The number of rotatable bonds is 6. The summed E-state index contributed by atoms with van der Waals surface area (Å²) in [6, 6.07) is 0. The van der Waals surface area contributed by atoms with E-state index < -0.39 is 5.97 Å². The SMILES string of the molecule is C#CCCNc1nnc(CC)c(CC)c1C(=O)O. The molecule has 2 N–H and O–H groups in total. The van der Waals surface area contributed by atoms with Crippen molar-refractivity contribution >= 4 is 11.8 Å². The molecule has 96 valence electrons. The second-order valence-corrected chi connectivity index (χ2v) is 3.74. The highest BCUT2D eigenvalue weighted by Crippen LogP contribution is 2.20. The van der Waals surface area contributed by atoms with Crippen LogP contribution in [-0.4, -0.2) is 27.8 Å². The summed E-state index contributed by atoms with van der Waals surface area (Å²) in [6.07, 6.45) is 6.94. The van der Waals surface area contributed by atoms with Crippen molar-refractivity contribution in [2.24, 2.45) is 0 Å². The van der Waals surface area contributed by atoms with Crippen molar-refractivity contribution in [3.05, 3.63) is 16.8 Å². The monoisotopic (exact) mass is 247 g/mol. The van der Waals surface area contributed by atoms with Crippen LogP contribution in [0.1, 0.15) is 41.9 Å². The first-order valence-corrected chi connectivity index (χ1v) is 5.94. The second-order valence-electron chi connectivity index (χ2n) is 3.74. The molecule has 0 aliphatic heterocycles. The average molecular weight is 247 g/mol. The minimum Gasteiger partial charge on any atom is -0.478 e. The molecule has 5 heteroatoms. The third-order valence-corrected chi connectivity index (χ3v) is 2.62. The Morgan fingerprint density at radius 2 is 2.11 bits per heavy atom. The molecule has 0 bridgehead atoms. The van der Waals surface area contributed by atoms with Gasteiger partial charge in [0.1, 0.15) is 5.56 Å². The number of aromatic carboxylic acids is 1. The number of terminal acetylenes is 1. The molecular formula is C13H17N3O2. The lowest BCUT2D eigenvalue weighted by molar-refractivity contribution is 0.0696. The molecule has 0 aliphatic rings. The molecule has 0 spiro atoms. The van der Waals surface area contributed by atoms with Crippen LogP contribution in [0.25, 0.3) is 0 Å². The van der Waals surface area contributed by atoms with Gasteiger partial charge in [0.25, 0.3) is 0 Å². The Kier molecular flexibility index (Phi) is 5.12. The first-order valence-electron chi connectivity index (χ1n) is 5.94. The van der Waals surface area contributed by atoms with Crippen molar-refractivity contribution in [3.63, 3.8) is 0 Å². The van der Waals surface area contributed by atoms with Crippen LogP contribution >= 0.6 is 0 Å². The van der Waals surface area contributed by atoms with Gasteiger partial charge in [-0.05, 0) is 18.4 Å². The quantitative estimate of drug-likeness (QED) is 0.591. The third kappa shape index (κ3) is 2.98. The molecule has 1 aromatic heterocycles. The predicted octanol–water partition coefficient (Wildman–Crippen LogP) is 1.73. The van der Waals surface area contributed by atoms with Gasteiger partial charge >= 0.3 is 5.97 Å². The molecule has 0 atom stereocenters. The van der Waals surface area contributed by atoms with Crippen LogP contribution in [-0.2, 0) is 12.8 Å². The maximum Gasteiger partial charge on any atom is 0.339 e. The van der Waals surface area contributed by atoms with Crippen molar-refractivity contribution in [2.45, 2.75) is 33.1 Å². The van der Waals surface area contributed by atoms with Gasteiger partial charge in [-0.2, -0.15) is 5.10 Å². The lowest BCUT2D eigenvalue weighted by Crippen LogP contribution is -2.15. The summed E-state index contributed by atoms with van der Waals surface area (Å²) < 4.78 is 0. The number of carbonyl (C=O) groups is 1. The average Bonchev–Trinajstić information content (AvgIpc) is 2.37. The zero-order chi connectivity index (χ0) is 13.5. The number of anilines is 1. The summed E-state index contributed by atoms with van der Waals surface area (Å²) in [7, 11) is 0. The summed E-state index contributed by atoms with van der Waals surface area (Å²) in [5.41, 5.74) is 1.68. The van der Waals surface area contributed by atoms with Crippen LogP contribution in [0.2, 0.25) is 0 Å². The van der Waals surface area contributed by atoms with E-state index in [2.05, 4.69) is 21.4 Å². The van der Waals surface area contributed by atoms with Gasteiger partial charge in [0.05, 0.1) is 5.69 Å². The van der Waals surface area contributed by atoms with Crippen molar-refractivity contribution in [3.8, 4) is 12.3 Å². The molecule has 0 amide bonds. The van der Waals surface area contributed by atoms with Crippen LogP contribution in [0, 0.1) is 12.3 Å². The Morgan fingerprint density at radius 3 is 2.61 bits per heavy atom. The third-order valence-electron chi connectivity index (χ3n) is 2.62. The topological polar surface area (TPSA) is 75.1 Å². The number of hydrogen-bond donors (Lipinski definition) is 2. The smallest absolute Gasteiger partial charge is 0.339 e. The summed E-state index contributed by atoms with van der Waals surface area (Å²) in [6.45, 7) is 4.33. The van der Waals surface area contributed by atoms with E-state index in [4.69, 9.17) is 6.42 Å². The van der Waals surface area contributed by atoms with Crippen molar-refractivity contribution < 1.29 is 9.90 Å². The molecule has 0 saturated carbocycles. The minimum atomic E-state index is -0.986. The van der Waals surface area contributed by atoms with Crippen LogP contribution < -0.4 is 5.32 Å². The van der Waals surface area contributed by atoms with Gasteiger partial charge in [-0.15, -0.1) is 17.4 Å². The molecule has 1 rings (SSSR count). The zero-order valence-corrected chi connectivity index (χ0v) is 10.7. The minimum absolute atomic E-state index is 0.210. The Hall–Kier alpha value is -2.09. The molecule has 18 heavy (non-hydrogen) atoms. The fourth-order valence-electron chi connectivity index (χ4n) is 1.78. The highest BCUT2D eigenvalue weighted by molar-refractivity contribution is 5.95. The van der Waals surface area contributed by atoms with Crippen molar-refractivity contribution in [1.29, 1.82) is 0 Å². The Labute approximate surface area is 107 Å². The number of carboxylic acids is 1. The van der Waals surface area contributed by atoms with Gasteiger partial charge in [-0.25, -0.2) is 4.79 Å². The summed E-state index contributed by atoms with van der Waals surface area (Å²) in [5, 5.41) is 20.2. The molecule has 1 aromatic rings. The van der Waals surface area contributed by atoms with Crippen LogP contribution in [0.3, 0.4) is 0 Å². The zero-order valence-electron chi connectivity index (χ0n) is 10.7. The van der Waals surface area contributed by atoms with Gasteiger partial charge in [0.15, 0.2) is 5.82 Å². The second kappa shape index (κ2) is 6.60. The Morgan fingerprint density at radius 1 is 1.39 bits per heavy atom. The fraction of sp³-hybridized carbons (Fsp3) is 0.462. The van der Waals surface area contributed by atoms with Gasteiger partial charge in [-0.1, -0.05) is 13.8 Å². The molecule has 0 aromatic carbocycles. The van der Waals surface area contributed by atoms with E-state index in [0.29, 0.717) is 31.6 Å². The molecule has 1 heterocycles. The molecule has 5 nitrogen and oxygen atoms in total. The first-order chi connectivity index (χ1) is 8.65. The van der Waals surface area contributed by atoms with E-state index in [0.717, 1.165) is 11.3 Å². The highest BCUT2D eigenvalue weighted by atomic mass is 16.4. The fourth-order valence-corrected chi connectivity index (χ4v) is 1.78. The maximum atomic E-state index is 11.4. The number of nitrogens with one attached hydrogen (secondary N) is 1. The number of aromatic nitrogens is 2. The molecule has 0 radical (unpaired) electrons. The van der Waals surface area contributed by atoms with Crippen LogP contribution in [0.5, 0.6) is 0 Å². The van der Waals surface area contributed by atoms with Gasteiger partial charge in [0, 0.05) is 13.0 Å². The van der Waals surface area contributed by atoms with E-state index in [1.54, 1.807) is 0 Å². The standard InChI is InChI=1S/C13H17N3O2/c1-4-7-8-14-12-11(13(17)18)9(5-2)10(6-3)15-16-12/h1H,5-8H2,2-3H3,(H,14,16)(H,17,18). The molecule has 0 saturated heterocycles. The van der Waals surface area contributed by atoms with Gasteiger partial charge in [0.2, 0.25) is 0 Å². The number of hydrogen-bond acceptors (Lipinski definition) is 4. The van der Waals surface area contributed by atoms with Gasteiger partial charge in [-0.3, -0.25) is 0 Å². The molecule has 0 aliphatic carbocycles. The van der Waals surface area contributed by atoms with Crippen LogP contribution in [0.4, 0.5) is 5.82 Å². The molecule has 0 unspecified atom stereocenters. The molecule has 0 fully saturated rings. The maximum absolute atomic E-state index is 11.4. The molecular weight excluding hydrogens is 230 g/mol. The van der Waals surface area contributed by atoms with E-state index in [1.807, 2.05) is 13.8 Å². The first kappa shape index (κ1) is 14.0. The Bertz CT molecular complexity index is 478. The van der Waals surface area contributed by atoms with Crippen molar-refractivity contribution in [2.75, 3.05) is 11.9 Å². The van der Waals surface area contributed by atoms with Gasteiger partial charge < -0.3 is 10.4 Å². The number of aryl methyl sites for hydroxylation is 1. The highest BCUT2D eigenvalue weighted by Gasteiger charge is 2.19. The van der Waals surface area contributed by atoms with E-state index in [1.165, 1.54) is 0 Å². The summed E-state index contributed by atoms with van der Waals surface area (Å²) in [5.74, 6) is 1.79. The number of nitrogens with zero attached hydrogens (tertiary/aromatic N) is 2. The largest absolute Gasteiger partial charge is 0.478 e. The lowest BCUT2D eigenvalue weighted by atomic mass is 10.0. The summed E-state index contributed by atoms with van der Waals surface area (Å²) >= 11 is 0. The Balaban J connectivity index is 3.18. The van der Waals surface area contributed by atoms with E-state index in [9.17, 15) is 9.90 Å². The predicted molar refractivity (Wildman–Crippen MR) is 69.7 cm³/mol. The lowest BCUT2D eigenvalue weighted by Gasteiger charge is -2.12. The van der Waals surface area contributed by atoms with Crippen molar-refractivity contribution in [1.82, 2.24) is 10.2 Å². The van der Waals surface area contributed by atoms with E-state index in [-0.39, 0.29) is 5.56 Å². The van der Waals surface area contributed by atoms with Crippen LogP contribution in [0.15, 0.2) is 0 Å². The number of carboxylic acid groups (broad SMARTS) is 1.